The Balaban J connectivity index is 3.59. The van der Waals surface area contributed by atoms with Crippen LogP contribution >= 0.6 is 0 Å². The maximum Gasteiger partial charge on any atom is 0.574 e. The van der Waals surface area contributed by atoms with Gasteiger partial charge in [-0.3, -0.25) is 0 Å². The maximum atomic E-state index is 13.0. The second-order valence-electron chi connectivity index (χ2n) is 3.66. The minimum absolute atomic E-state index is 0.273. The molecule has 5 nitrogen and oxygen atoms in total. The first-order valence-electron chi connectivity index (χ1n) is 5.58. The molecule has 1 aromatic heterocycles. The Kier molecular flexibility index (Phi) is 5.09. The van der Waals surface area contributed by atoms with Gasteiger partial charge in [0.25, 0.3) is 0 Å². The Morgan fingerprint density at radius 3 is 2.23 bits per heavy atom. The summed E-state index contributed by atoms with van der Waals surface area (Å²) in [5.74, 6) is -4.05. The standard InChI is InChI=1S/C11H9F6NO4/c1-3-21-9(19)7-5(10(12,13)14)4-6(20-2)18-8(7)22-11(15,16)17/h4H,3H2,1-2H3. The maximum absolute atomic E-state index is 13.0. The molecule has 0 aromatic carbocycles. The van der Waals surface area contributed by atoms with Crippen molar-refractivity contribution in [1.82, 2.24) is 4.98 Å². The van der Waals surface area contributed by atoms with Crippen molar-refractivity contribution in [1.29, 1.82) is 0 Å². The number of aromatic nitrogens is 1. The van der Waals surface area contributed by atoms with Crippen molar-refractivity contribution in [2.24, 2.45) is 0 Å². The summed E-state index contributed by atoms with van der Waals surface area (Å²) in [6.45, 7) is 0.917. The van der Waals surface area contributed by atoms with E-state index in [4.69, 9.17) is 0 Å². The van der Waals surface area contributed by atoms with E-state index in [9.17, 15) is 31.1 Å². The van der Waals surface area contributed by atoms with E-state index >= 15 is 0 Å². The van der Waals surface area contributed by atoms with Gasteiger partial charge in [-0.2, -0.15) is 18.2 Å². The quantitative estimate of drug-likeness (QED) is 0.626. The molecule has 11 heteroatoms. The average molecular weight is 333 g/mol. The zero-order chi connectivity index (χ0) is 17.1. The number of alkyl halides is 6. The average Bonchev–Trinajstić information content (AvgIpc) is 2.34. The van der Waals surface area contributed by atoms with Gasteiger partial charge in [0.15, 0.2) is 0 Å². The van der Waals surface area contributed by atoms with Crippen LogP contribution in [0.5, 0.6) is 11.8 Å². The van der Waals surface area contributed by atoms with Crippen molar-refractivity contribution in [2.75, 3.05) is 13.7 Å². The summed E-state index contributed by atoms with van der Waals surface area (Å²) in [5.41, 5.74) is -3.19. The monoisotopic (exact) mass is 333 g/mol. The fourth-order valence-corrected chi connectivity index (χ4v) is 1.41. The van der Waals surface area contributed by atoms with Gasteiger partial charge in [0.2, 0.25) is 11.8 Å². The molecule has 0 aliphatic carbocycles. The first kappa shape index (κ1) is 17.9. The number of hydrogen-bond acceptors (Lipinski definition) is 5. The van der Waals surface area contributed by atoms with Gasteiger partial charge in [0.05, 0.1) is 19.3 Å². The van der Waals surface area contributed by atoms with E-state index in [2.05, 4.69) is 19.2 Å². The SMILES string of the molecule is CCOC(=O)c1c(C(F)(F)F)cc(OC)nc1OC(F)(F)F. The summed E-state index contributed by atoms with van der Waals surface area (Å²) in [5, 5.41) is 0. The molecule has 0 bridgehead atoms. The smallest absolute Gasteiger partial charge is 0.481 e. The summed E-state index contributed by atoms with van der Waals surface area (Å²) < 4.78 is 87.8. The van der Waals surface area contributed by atoms with Gasteiger partial charge in [-0.05, 0) is 6.92 Å². The Labute approximate surface area is 119 Å². The van der Waals surface area contributed by atoms with Crippen LogP contribution in [0.15, 0.2) is 6.07 Å². The topological polar surface area (TPSA) is 57.7 Å². The second-order valence-corrected chi connectivity index (χ2v) is 3.66. The fourth-order valence-electron chi connectivity index (χ4n) is 1.41. The molecule has 1 heterocycles. The van der Waals surface area contributed by atoms with E-state index in [-0.39, 0.29) is 12.7 Å². The number of methoxy groups -OCH3 is 1. The highest BCUT2D eigenvalue weighted by Crippen LogP contribution is 2.39. The van der Waals surface area contributed by atoms with Crippen LogP contribution in [0, 0.1) is 0 Å². The molecule has 0 aliphatic rings. The van der Waals surface area contributed by atoms with Crippen LogP contribution < -0.4 is 9.47 Å². The third-order valence-electron chi connectivity index (χ3n) is 2.17. The summed E-state index contributed by atoms with van der Waals surface area (Å²) in [6, 6.07) is 0.273. The number of carbonyl (C=O) groups is 1. The van der Waals surface area contributed by atoms with E-state index in [1.54, 1.807) is 0 Å². The van der Waals surface area contributed by atoms with E-state index < -0.39 is 41.4 Å². The van der Waals surface area contributed by atoms with Gasteiger partial charge in [-0.1, -0.05) is 0 Å². The van der Waals surface area contributed by atoms with Crippen LogP contribution in [-0.4, -0.2) is 31.0 Å². The minimum atomic E-state index is -5.36. The molecule has 0 unspecified atom stereocenters. The van der Waals surface area contributed by atoms with Gasteiger partial charge in [0.1, 0.15) is 5.56 Å². The molecule has 0 saturated carbocycles. The van der Waals surface area contributed by atoms with Gasteiger partial charge in [-0.25, -0.2) is 4.79 Å². The number of pyridine rings is 1. The highest BCUT2D eigenvalue weighted by Gasteiger charge is 2.42. The van der Waals surface area contributed by atoms with E-state index in [0.29, 0.717) is 0 Å². The number of esters is 1. The highest BCUT2D eigenvalue weighted by atomic mass is 19.4. The van der Waals surface area contributed by atoms with Crippen molar-refractivity contribution >= 4 is 5.97 Å². The lowest BCUT2D eigenvalue weighted by Gasteiger charge is -2.17. The Morgan fingerprint density at radius 1 is 1.23 bits per heavy atom. The van der Waals surface area contributed by atoms with Gasteiger partial charge < -0.3 is 14.2 Å². The lowest BCUT2D eigenvalue weighted by molar-refractivity contribution is -0.276. The predicted molar refractivity (Wildman–Crippen MR) is 58.4 cm³/mol. The van der Waals surface area contributed by atoms with Crippen LogP contribution in [0.2, 0.25) is 0 Å². The lowest BCUT2D eigenvalue weighted by Crippen LogP contribution is -2.23. The van der Waals surface area contributed by atoms with Crippen molar-refractivity contribution in [3.63, 3.8) is 0 Å². The Hall–Kier alpha value is -2.20. The van der Waals surface area contributed by atoms with Gasteiger partial charge in [0, 0.05) is 6.07 Å². The third-order valence-corrected chi connectivity index (χ3v) is 2.17. The zero-order valence-electron chi connectivity index (χ0n) is 11.1. The molecule has 1 aromatic rings. The summed E-state index contributed by atoms with van der Waals surface area (Å²) in [6.07, 6.45) is -10.5. The first-order chi connectivity index (χ1) is 9.99. The second kappa shape index (κ2) is 6.28. The molecule has 0 aliphatic heterocycles. The number of halogens is 6. The molecule has 0 fully saturated rings. The molecule has 0 amide bonds. The molecule has 0 radical (unpaired) electrons. The molecule has 0 spiro atoms. The molecule has 0 N–H and O–H groups in total. The molecule has 1 rings (SSSR count). The normalized spacial score (nSPS) is 12.0. The van der Waals surface area contributed by atoms with E-state index in [0.717, 1.165) is 7.11 Å². The third kappa shape index (κ3) is 4.40. The van der Waals surface area contributed by atoms with E-state index in [1.165, 1.54) is 6.92 Å². The number of rotatable bonds is 4. The van der Waals surface area contributed by atoms with Crippen molar-refractivity contribution in [3.05, 3.63) is 17.2 Å². The Morgan fingerprint density at radius 2 is 1.82 bits per heavy atom. The number of hydrogen-bond donors (Lipinski definition) is 0. The molecule has 0 saturated heterocycles. The number of carbonyl (C=O) groups excluding carboxylic acids is 1. The summed E-state index contributed by atoms with van der Waals surface area (Å²) in [4.78, 5) is 14.7. The first-order valence-corrected chi connectivity index (χ1v) is 5.58. The molecule has 0 atom stereocenters. The molecular formula is C11H9F6NO4. The Bertz CT molecular complexity index is 555. The van der Waals surface area contributed by atoms with Crippen LogP contribution in [-0.2, 0) is 10.9 Å². The van der Waals surface area contributed by atoms with Crippen LogP contribution in [0.3, 0.4) is 0 Å². The molecular weight excluding hydrogens is 324 g/mol. The number of ether oxygens (including phenoxy) is 3. The van der Waals surface area contributed by atoms with Crippen LogP contribution in [0.25, 0.3) is 0 Å². The van der Waals surface area contributed by atoms with Gasteiger partial charge >= 0.3 is 18.5 Å². The minimum Gasteiger partial charge on any atom is -0.481 e. The van der Waals surface area contributed by atoms with Crippen molar-refractivity contribution < 1.29 is 45.3 Å². The highest BCUT2D eigenvalue weighted by molar-refractivity contribution is 5.94. The van der Waals surface area contributed by atoms with Crippen LogP contribution in [0.1, 0.15) is 22.8 Å². The zero-order valence-corrected chi connectivity index (χ0v) is 11.1. The number of nitrogens with zero attached hydrogens (tertiary/aromatic N) is 1. The largest absolute Gasteiger partial charge is 0.574 e. The molecule has 22 heavy (non-hydrogen) atoms. The lowest BCUT2D eigenvalue weighted by atomic mass is 10.1. The predicted octanol–water partition coefficient (Wildman–Crippen LogP) is 3.18. The van der Waals surface area contributed by atoms with Crippen LogP contribution in [0.4, 0.5) is 26.3 Å². The fraction of sp³-hybridized carbons (Fsp3) is 0.455. The van der Waals surface area contributed by atoms with Gasteiger partial charge in [-0.15, -0.1) is 13.2 Å². The summed E-state index contributed by atoms with van der Waals surface area (Å²) in [7, 11) is 0.893. The van der Waals surface area contributed by atoms with E-state index in [1.807, 2.05) is 0 Å². The summed E-state index contributed by atoms with van der Waals surface area (Å²) >= 11 is 0. The van der Waals surface area contributed by atoms with Crippen molar-refractivity contribution in [3.8, 4) is 11.8 Å². The van der Waals surface area contributed by atoms with Crippen molar-refractivity contribution in [2.45, 2.75) is 19.5 Å². The molecule has 124 valence electrons.